The fraction of sp³-hybridized carbons (Fsp3) is 0.227. The van der Waals surface area contributed by atoms with E-state index in [0.717, 1.165) is 24.3 Å². The van der Waals surface area contributed by atoms with Crippen LogP contribution in [0.3, 0.4) is 0 Å². The molecule has 1 aliphatic rings. The summed E-state index contributed by atoms with van der Waals surface area (Å²) in [5, 5.41) is 4.11. The highest BCUT2D eigenvalue weighted by Crippen LogP contribution is 2.37. The number of aromatic nitrogens is 1. The molecule has 2 heterocycles. The van der Waals surface area contributed by atoms with E-state index in [4.69, 9.17) is 21.7 Å². The van der Waals surface area contributed by atoms with Crippen LogP contribution in [0.5, 0.6) is 11.5 Å². The molecule has 1 atom stereocenters. The second-order valence-electron chi connectivity index (χ2n) is 6.77. The summed E-state index contributed by atoms with van der Waals surface area (Å²) in [6.45, 7) is 1.71. The van der Waals surface area contributed by atoms with Gasteiger partial charge in [-0.15, -0.1) is 0 Å². The zero-order chi connectivity index (χ0) is 20.4. The number of nitrogens with one attached hydrogen (secondary N) is 1. The van der Waals surface area contributed by atoms with Crippen molar-refractivity contribution in [3.05, 3.63) is 75.6 Å². The zero-order valence-corrected chi connectivity index (χ0v) is 19.2. The number of thiocarbonyl (C=S) groups is 1. The van der Waals surface area contributed by atoms with Gasteiger partial charge in [0.1, 0.15) is 0 Å². The summed E-state index contributed by atoms with van der Waals surface area (Å²) in [5.41, 5.74) is 3.30. The van der Waals surface area contributed by atoms with E-state index in [1.165, 1.54) is 9.26 Å². The third kappa shape index (κ3) is 4.06. The van der Waals surface area contributed by atoms with Gasteiger partial charge < -0.3 is 24.3 Å². The maximum Gasteiger partial charge on any atom is 0.174 e. The van der Waals surface area contributed by atoms with Crippen LogP contribution in [0.4, 0.5) is 5.69 Å². The Bertz CT molecular complexity index is 1020. The summed E-state index contributed by atoms with van der Waals surface area (Å²) >= 11 is 8.13. The number of halogens is 1. The van der Waals surface area contributed by atoms with Crippen LogP contribution in [0.15, 0.2) is 60.8 Å². The number of hydrogen-bond donors (Lipinski definition) is 1. The van der Waals surface area contributed by atoms with E-state index in [9.17, 15) is 0 Å². The topological polar surface area (TPSA) is 38.7 Å². The maximum absolute atomic E-state index is 5.83. The number of methoxy groups -OCH3 is 2. The average molecular weight is 519 g/mol. The molecule has 1 unspecified atom stereocenters. The molecule has 0 saturated carbocycles. The van der Waals surface area contributed by atoms with E-state index in [2.05, 4.69) is 73.9 Å². The highest BCUT2D eigenvalue weighted by atomic mass is 127. The van der Waals surface area contributed by atoms with Gasteiger partial charge in [0, 0.05) is 34.2 Å². The molecule has 0 spiro atoms. The first-order chi connectivity index (χ1) is 14.1. The maximum atomic E-state index is 5.83. The Hall–Kier alpha value is -2.26. The summed E-state index contributed by atoms with van der Waals surface area (Å²) in [4.78, 5) is 2.24. The predicted octanol–water partition coefficient (Wildman–Crippen LogP) is 4.91. The van der Waals surface area contributed by atoms with E-state index in [1.54, 1.807) is 14.2 Å². The van der Waals surface area contributed by atoms with Gasteiger partial charge in [0.05, 0.1) is 20.3 Å². The lowest BCUT2D eigenvalue weighted by Crippen LogP contribution is -2.44. The fourth-order valence-corrected chi connectivity index (χ4v) is 4.38. The number of rotatable bonds is 4. The first kappa shape index (κ1) is 20.0. The van der Waals surface area contributed by atoms with Crippen molar-refractivity contribution in [3.63, 3.8) is 0 Å². The minimum Gasteiger partial charge on any atom is -0.493 e. The van der Waals surface area contributed by atoms with Crippen LogP contribution < -0.4 is 14.8 Å². The van der Waals surface area contributed by atoms with Crippen LogP contribution in [0.25, 0.3) is 0 Å². The summed E-state index contributed by atoms with van der Waals surface area (Å²) < 4.78 is 14.4. The van der Waals surface area contributed by atoms with E-state index in [-0.39, 0.29) is 6.04 Å². The second-order valence-corrected chi connectivity index (χ2v) is 8.41. The summed E-state index contributed by atoms with van der Waals surface area (Å²) in [7, 11) is 3.31. The standard InChI is InChI=1S/C22H22IN3O2S/c1-27-19-10-5-15(14-20(19)28-2)21-18-4-3-11-25(18)12-13-26(21)22(29)24-17-8-6-16(23)7-9-17/h3-11,14,21H,12-13H2,1-2H3,(H,24,29). The molecular weight excluding hydrogens is 497 g/mol. The van der Waals surface area contributed by atoms with Crippen molar-refractivity contribution in [1.29, 1.82) is 0 Å². The van der Waals surface area contributed by atoms with E-state index in [0.29, 0.717) is 16.6 Å². The second kappa shape index (κ2) is 8.62. The van der Waals surface area contributed by atoms with Crippen molar-refractivity contribution in [2.45, 2.75) is 12.6 Å². The largest absolute Gasteiger partial charge is 0.493 e. The summed E-state index contributed by atoms with van der Waals surface area (Å²) in [5.74, 6) is 1.43. The lowest BCUT2D eigenvalue weighted by Gasteiger charge is -2.39. The highest BCUT2D eigenvalue weighted by Gasteiger charge is 2.31. The van der Waals surface area contributed by atoms with Crippen molar-refractivity contribution in [3.8, 4) is 11.5 Å². The Labute approximate surface area is 189 Å². The number of ether oxygens (including phenoxy) is 2. The van der Waals surface area contributed by atoms with Gasteiger partial charge in [-0.1, -0.05) is 6.07 Å². The average Bonchev–Trinajstić information content (AvgIpc) is 3.23. The van der Waals surface area contributed by atoms with E-state index >= 15 is 0 Å². The van der Waals surface area contributed by atoms with E-state index in [1.807, 2.05) is 24.3 Å². The third-order valence-corrected chi connectivity index (χ3v) is 6.17. The number of hydrogen-bond acceptors (Lipinski definition) is 3. The molecule has 0 aliphatic carbocycles. The Morgan fingerprint density at radius 2 is 1.79 bits per heavy atom. The Balaban J connectivity index is 1.69. The first-order valence-electron chi connectivity index (χ1n) is 9.31. The Kier molecular flexibility index (Phi) is 5.96. The molecule has 5 nitrogen and oxygen atoms in total. The van der Waals surface area contributed by atoms with Crippen LogP contribution >= 0.6 is 34.8 Å². The molecule has 0 bridgehead atoms. The van der Waals surface area contributed by atoms with Crippen LogP contribution in [-0.4, -0.2) is 35.3 Å². The third-order valence-electron chi connectivity index (χ3n) is 5.12. The van der Waals surface area contributed by atoms with Crippen molar-refractivity contribution in [2.24, 2.45) is 0 Å². The van der Waals surface area contributed by atoms with Crippen LogP contribution in [0.2, 0.25) is 0 Å². The molecule has 0 fully saturated rings. The van der Waals surface area contributed by atoms with Crippen molar-refractivity contribution < 1.29 is 9.47 Å². The number of fused-ring (bicyclic) bond motifs is 1. The quantitative estimate of drug-likeness (QED) is 0.392. The zero-order valence-electron chi connectivity index (χ0n) is 16.3. The van der Waals surface area contributed by atoms with Gasteiger partial charge in [0.2, 0.25) is 0 Å². The monoisotopic (exact) mass is 519 g/mol. The lowest BCUT2D eigenvalue weighted by molar-refractivity contribution is 0.291. The molecule has 0 radical (unpaired) electrons. The van der Waals surface area contributed by atoms with Gasteiger partial charge >= 0.3 is 0 Å². The Morgan fingerprint density at radius 1 is 1.03 bits per heavy atom. The highest BCUT2D eigenvalue weighted by molar-refractivity contribution is 14.1. The molecule has 1 aliphatic heterocycles. The normalized spacial score (nSPS) is 15.6. The van der Waals surface area contributed by atoms with Gasteiger partial charge in [0.15, 0.2) is 16.6 Å². The smallest absolute Gasteiger partial charge is 0.174 e. The molecule has 150 valence electrons. The molecule has 1 N–H and O–H groups in total. The summed E-state index contributed by atoms with van der Waals surface area (Å²) in [6.07, 6.45) is 2.12. The molecule has 3 aromatic rings. The molecule has 7 heteroatoms. The van der Waals surface area contributed by atoms with Gasteiger partial charge in [-0.25, -0.2) is 0 Å². The molecule has 0 amide bonds. The molecule has 1 aromatic heterocycles. The number of anilines is 1. The number of nitrogens with zero attached hydrogens (tertiary/aromatic N) is 2. The number of benzene rings is 2. The summed E-state index contributed by atoms with van der Waals surface area (Å²) in [6, 6.07) is 18.5. The molecule has 0 saturated heterocycles. The lowest BCUT2D eigenvalue weighted by atomic mass is 9.99. The van der Waals surface area contributed by atoms with Crippen LogP contribution in [0.1, 0.15) is 17.3 Å². The van der Waals surface area contributed by atoms with Crippen molar-refractivity contribution in [1.82, 2.24) is 9.47 Å². The SMILES string of the molecule is COc1ccc(C2c3cccn3CCN2C(=S)Nc2ccc(I)cc2)cc1OC. The molecule has 2 aromatic carbocycles. The van der Waals surface area contributed by atoms with Gasteiger partial charge in [-0.3, -0.25) is 0 Å². The van der Waals surface area contributed by atoms with Crippen molar-refractivity contribution in [2.75, 3.05) is 26.1 Å². The van der Waals surface area contributed by atoms with Crippen molar-refractivity contribution >= 4 is 45.6 Å². The molecular formula is C22H22IN3O2S. The fourth-order valence-electron chi connectivity index (χ4n) is 3.70. The predicted molar refractivity (Wildman–Crippen MR) is 128 cm³/mol. The van der Waals surface area contributed by atoms with Crippen LogP contribution in [-0.2, 0) is 6.54 Å². The Morgan fingerprint density at radius 3 is 2.52 bits per heavy atom. The first-order valence-corrected chi connectivity index (χ1v) is 10.8. The van der Waals surface area contributed by atoms with Gasteiger partial charge in [-0.05, 0) is 88.9 Å². The van der Waals surface area contributed by atoms with E-state index < -0.39 is 0 Å². The molecule has 4 rings (SSSR count). The van der Waals surface area contributed by atoms with Gasteiger partial charge in [0.25, 0.3) is 0 Å². The minimum absolute atomic E-state index is 0.0117. The molecule has 29 heavy (non-hydrogen) atoms. The van der Waals surface area contributed by atoms with Crippen LogP contribution in [0, 0.1) is 3.57 Å². The minimum atomic E-state index is -0.0117. The van der Waals surface area contributed by atoms with Gasteiger partial charge in [-0.2, -0.15) is 0 Å².